The summed E-state index contributed by atoms with van der Waals surface area (Å²) in [5, 5.41) is 14.3. The molecule has 2 aromatic rings. The van der Waals surface area contributed by atoms with Crippen molar-refractivity contribution >= 4 is 28.8 Å². The lowest BCUT2D eigenvalue weighted by Crippen LogP contribution is -2.50. The summed E-state index contributed by atoms with van der Waals surface area (Å²) in [6.45, 7) is 2.87. The third-order valence-electron chi connectivity index (χ3n) is 4.22. The molecule has 1 aliphatic rings. The summed E-state index contributed by atoms with van der Waals surface area (Å²) in [6.07, 6.45) is 0. The van der Waals surface area contributed by atoms with Crippen LogP contribution in [0.3, 0.4) is 0 Å². The summed E-state index contributed by atoms with van der Waals surface area (Å²) >= 11 is 7.59. The second-order valence-corrected chi connectivity index (χ2v) is 6.81. The Morgan fingerprint density at radius 2 is 2.04 bits per heavy atom. The van der Waals surface area contributed by atoms with Gasteiger partial charge in [0.05, 0.1) is 18.2 Å². The lowest BCUT2D eigenvalue weighted by Gasteiger charge is -2.38. The molecule has 0 radical (unpaired) electrons. The largest absolute Gasteiger partial charge is 0.394 e. The summed E-state index contributed by atoms with van der Waals surface area (Å²) < 4.78 is 0. The van der Waals surface area contributed by atoms with Crippen molar-refractivity contribution < 1.29 is 9.90 Å². The monoisotopic (exact) mass is 350 g/mol. The molecule has 122 valence electrons. The molecule has 1 aliphatic heterocycles. The van der Waals surface area contributed by atoms with Gasteiger partial charge in [0.25, 0.3) is 5.91 Å². The number of aliphatic hydroxyl groups is 1. The van der Waals surface area contributed by atoms with Gasteiger partial charge in [0, 0.05) is 36.6 Å². The zero-order valence-electron chi connectivity index (χ0n) is 12.7. The first-order chi connectivity index (χ1) is 11.2. The molecule has 1 saturated heterocycles. The highest BCUT2D eigenvalue weighted by atomic mass is 35.5. The summed E-state index contributed by atoms with van der Waals surface area (Å²) in [5.41, 5.74) is 1.77. The van der Waals surface area contributed by atoms with Gasteiger partial charge in [-0.15, -0.1) is 0 Å². The molecule has 1 atom stereocenters. The van der Waals surface area contributed by atoms with Gasteiger partial charge in [0.15, 0.2) is 0 Å². The first-order valence-electron chi connectivity index (χ1n) is 7.61. The van der Waals surface area contributed by atoms with Crippen molar-refractivity contribution in [1.82, 2.24) is 9.80 Å². The summed E-state index contributed by atoms with van der Waals surface area (Å²) in [4.78, 5) is 16.5. The second-order valence-electron chi connectivity index (χ2n) is 5.59. The first kappa shape index (κ1) is 16.5. The van der Waals surface area contributed by atoms with Gasteiger partial charge in [-0.3, -0.25) is 9.69 Å². The Balaban J connectivity index is 1.64. The third-order valence-corrected chi connectivity index (χ3v) is 5.14. The quantitative estimate of drug-likeness (QED) is 0.922. The molecule has 4 nitrogen and oxygen atoms in total. The molecule has 1 amide bonds. The van der Waals surface area contributed by atoms with E-state index in [1.807, 2.05) is 46.0 Å². The van der Waals surface area contributed by atoms with Crippen molar-refractivity contribution in [3.8, 4) is 0 Å². The number of aliphatic hydroxyl groups excluding tert-OH is 1. The van der Waals surface area contributed by atoms with E-state index in [4.69, 9.17) is 11.6 Å². The van der Waals surface area contributed by atoms with Crippen LogP contribution in [0, 0.1) is 0 Å². The van der Waals surface area contributed by atoms with Gasteiger partial charge >= 0.3 is 0 Å². The van der Waals surface area contributed by atoms with Gasteiger partial charge < -0.3 is 10.0 Å². The highest BCUT2D eigenvalue weighted by Gasteiger charge is 2.27. The smallest absolute Gasteiger partial charge is 0.254 e. The zero-order chi connectivity index (χ0) is 16.2. The molecule has 0 bridgehead atoms. The third kappa shape index (κ3) is 3.75. The molecule has 3 rings (SSSR count). The Kier molecular flexibility index (Phi) is 5.33. The number of amides is 1. The van der Waals surface area contributed by atoms with Crippen molar-refractivity contribution in [2.75, 3.05) is 32.8 Å². The molecule has 1 aromatic heterocycles. The lowest BCUT2D eigenvalue weighted by molar-refractivity contribution is 0.0478. The van der Waals surface area contributed by atoms with E-state index in [0.717, 1.165) is 24.2 Å². The topological polar surface area (TPSA) is 43.8 Å². The van der Waals surface area contributed by atoms with Crippen LogP contribution in [-0.4, -0.2) is 53.6 Å². The molecule has 1 unspecified atom stereocenters. The van der Waals surface area contributed by atoms with Crippen molar-refractivity contribution in [2.24, 2.45) is 0 Å². The second kappa shape index (κ2) is 7.45. The lowest BCUT2D eigenvalue weighted by atomic mass is 10.0. The van der Waals surface area contributed by atoms with Crippen LogP contribution in [0.5, 0.6) is 0 Å². The van der Waals surface area contributed by atoms with Crippen molar-refractivity contribution in [3.05, 3.63) is 57.2 Å². The summed E-state index contributed by atoms with van der Waals surface area (Å²) in [5.74, 6) is 0.0919. The van der Waals surface area contributed by atoms with Gasteiger partial charge in [-0.1, -0.05) is 23.7 Å². The molecule has 0 saturated carbocycles. The number of carbonyl (C=O) groups excluding carboxylic acids is 1. The average Bonchev–Trinajstić information content (AvgIpc) is 3.10. The fraction of sp³-hybridized carbons (Fsp3) is 0.353. The minimum Gasteiger partial charge on any atom is -0.394 e. The average molecular weight is 351 g/mol. The fourth-order valence-corrected chi connectivity index (χ4v) is 3.78. The van der Waals surface area contributed by atoms with Crippen LogP contribution >= 0.6 is 22.9 Å². The maximum Gasteiger partial charge on any atom is 0.254 e. The Bertz CT molecular complexity index is 654. The van der Waals surface area contributed by atoms with E-state index < -0.39 is 0 Å². The van der Waals surface area contributed by atoms with Gasteiger partial charge in [0.1, 0.15) is 0 Å². The van der Waals surface area contributed by atoms with Gasteiger partial charge in [-0.2, -0.15) is 11.3 Å². The molecule has 0 spiro atoms. The van der Waals surface area contributed by atoms with E-state index in [0.29, 0.717) is 18.1 Å². The number of nitrogens with zero attached hydrogens (tertiary/aromatic N) is 2. The number of benzene rings is 1. The molecule has 23 heavy (non-hydrogen) atoms. The van der Waals surface area contributed by atoms with E-state index in [1.165, 1.54) is 11.3 Å². The van der Waals surface area contributed by atoms with E-state index in [9.17, 15) is 9.90 Å². The zero-order valence-corrected chi connectivity index (χ0v) is 14.3. The maximum absolute atomic E-state index is 12.4. The van der Waals surface area contributed by atoms with E-state index in [2.05, 4.69) is 4.90 Å². The number of hydrogen-bond donors (Lipinski definition) is 1. The predicted molar refractivity (Wildman–Crippen MR) is 93.1 cm³/mol. The Morgan fingerprint density at radius 1 is 1.26 bits per heavy atom. The number of carbonyl (C=O) groups is 1. The molecule has 0 aliphatic carbocycles. The standard InChI is InChI=1S/C17H19ClN2O2S/c18-15-3-1-2-13(10-15)16(11-21)19-5-7-20(8-6-19)17(22)14-4-9-23-12-14/h1-4,9-10,12,16,21H,5-8,11H2. The number of rotatable bonds is 4. The van der Waals surface area contributed by atoms with Gasteiger partial charge in [-0.05, 0) is 29.1 Å². The van der Waals surface area contributed by atoms with E-state index in [-0.39, 0.29) is 18.6 Å². The summed E-state index contributed by atoms with van der Waals surface area (Å²) in [7, 11) is 0. The van der Waals surface area contributed by atoms with Gasteiger partial charge in [0.2, 0.25) is 0 Å². The molecular weight excluding hydrogens is 332 g/mol. The molecule has 2 heterocycles. The molecular formula is C17H19ClN2O2S. The van der Waals surface area contributed by atoms with E-state index in [1.54, 1.807) is 0 Å². The predicted octanol–water partition coefficient (Wildman–Crippen LogP) is 2.89. The number of hydrogen-bond acceptors (Lipinski definition) is 4. The van der Waals surface area contributed by atoms with E-state index >= 15 is 0 Å². The Labute approximate surface area is 144 Å². The SMILES string of the molecule is O=C(c1ccsc1)N1CCN(C(CO)c2cccc(Cl)c2)CC1. The number of thiophene rings is 1. The van der Waals surface area contributed by atoms with Crippen molar-refractivity contribution in [2.45, 2.75) is 6.04 Å². The maximum atomic E-state index is 12.4. The van der Waals surface area contributed by atoms with Crippen molar-refractivity contribution in [1.29, 1.82) is 0 Å². The minimum absolute atomic E-state index is 0.0405. The van der Waals surface area contributed by atoms with Crippen LogP contribution in [0.15, 0.2) is 41.1 Å². The normalized spacial score (nSPS) is 17.2. The van der Waals surface area contributed by atoms with Crippen LogP contribution in [0.1, 0.15) is 22.0 Å². The van der Waals surface area contributed by atoms with Crippen LogP contribution < -0.4 is 0 Å². The minimum atomic E-state index is -0.0768. The highest BCUT2D eigenvalue weighted by Crippen LogP contribution is 2.24. The Hall–Kier alpha value is -1.40. The number of piperazine rings is 1. The van der Waals surface area contributed by atoms with Crippen molar-refractivity contribution in [3.63, 3.8) is 0 Å². The first-order valence-corrected chi connectivity index (χ1v) is 8.93. The molecule has 1 N–H and O–H groups in total. The van der Waals surface area contributed by atoms with Crippen LogP contribution in [0.2, 0.25) is 5.02 Å². The highest BCUT2D eigenvalue weighted by molar-refractivity contribution is 7.08. The van der Waals surface area contributed by atoms with Crippen LogP contribution in [0.4, 0.5) is 0 Å². The summed E-state index contributed by atoms with van der Waals surface area (Å²) in [6, 6.07) is 9.39. The molecule has 6 heteroatoms. The Morgan fingerprint density at radius 3 is 2.65 bits per heavy atom. The van der Waals surface area contributed by atoms with Crippen LogP contribution in [0.25, 0.3) is 0 Å². The number of halogens is 1. The van der Waals surface area contributed by atoms with Crippen LogP contribution in [-0.2, 0) is 0 Å². The molecule has 1 aromatic carbocycles. The molecule has 1 fully saturated rings. The fourth-order valence-electron chi connectivity index (χ4n) is 2.95. The van der Waals surface area contributed by atoms with Gasteiger partial charge in [-0.25, -0.2) is 0 Å².